The number of ether oxygens (including phenoxy) is 1. The Morgan fingerprint density at radius 3 is 2.40 bits per heavy atom. The minimum atomic E-state index is -3.60. The van der Waals surface area contributed by atoms with E-state index in [1.807, 2.05) is 6.92 Å². The zero-order chi connectivity index (χ0) is 15.0. The number of aliphatic hydroxyl groups is 1. The molecule has 0 unspecified atom stereocenters. The number of hydrogen-bond donors (Lipinski definition) is 2. The van der Waals surface area contributed by atoms with Crippen LogP contribution in [0.15, 0.2) is 29.2 Å². The van der Waals surface area contributed by atoms with Crippen LogP contribution in [-0.4, -0.2) is 57.8 Å². The van der Waals surface area contributed by atoms with Gasteiger partial charge in [0.1, 0.15) is 0 Å². The second-order valence-corrected chi connectivity index (χ2v) is 6.11. The molecule has 0 saturated carbocycles. The Morgan fingerprint density at radius 1 is 1.25 bits per heavy atom. The molecule has 1 aromatic rings. The van der Waals surface area contributed by atoms with Crippen LogP contribution in [0.2, 0.25) is 0 Å². The van der Waals surface area contributed by atoms with Crippen LogP contribution in [0.1, 0.15) is 6.92 Å². The van der Waals surface area contributed by atoms with E-state index >= 15 is 0 Å². The normalized spacial score (nSPS) is 11.8. The molecule has 0 atom stereocenters. The fourth-order valence-corrected chi connectivity index (χ4v) is 3.17. The molecule has 0 spiro atoms. The average Bonchev–Trinajstić information content (AvgIpc) is 2.44. The summed E-state index contributed by atoms with van der Waals surface area (Å²) in [6, 6.07) is 6.57. The Balaban J connectivity index is 2.93. The zero-order valence-corrected chi connectivity index (χ0v) is 12.7. The fourth-order valence-electron chi connectivity index (χ4n) is 1.75. The average molecular weight is 302 g/mol. The Hall–Kier alpha value is -1.15. The van der Waals surface area contributed by atoms with Crippen molar-refractivity contribution in [1.29, 1.82) is 0 Å². The van der Waals surface area contributed by atoms with Gasteiger partial charge in [-0.05, 0) is 31.2 Å². The molecule has 1 aromatic carbocycles. The molecule has 0 aliphatic carbocycles. The summed E-state index contributed by atoms with van der Waals surface area (Å²) in [4.78, 5) is 0.212. The summed E-state index contributed by atoms with van der Waals surface area (Å²) in [5.41, 5.74) is 0.872. The first-order valence-corrected chi connectivity index (χ1v) is 7.94. The number of anilines is 1. The third-order valence-electron chi connectivity index (χ3n) is 2.77. The first-order chi connectivity index (χ1) is 9.56. The van der Waals surface area contributed by atoms with Gasteiger partial charge in [-0.1, -0.05) is 0 Å². The molecule has 0 aliphatic heterocycles. The summed E-state index contributed by atoms with van der Waals surface area (Å²) >= 11 is 0. The van der Waals surface area contributed by atoms with Gasteiger partial charge in [0.2, 0.25) is 10.0 Å². The maximum atomic E-state index is 12.4. The van der Waals surface area contributed by atoms with Crippen molar-refractivity contribution in [2.75, 3.05) is 45.3 Å². The third-order valence-corrected chi connectivity index (χ3v) is 4.68. The number of rotatable bonds is 9. The molecule has 20 heavy (non-hydrogen) atoms. The number of hydrogen-bond acceptors (Lipinski definition) is 5. The molecular formula is C13H22N2O4S. The Bertz CT molecular complexity index is 488. The minimum Gasteiger partial charge on any atom is -0.395 e. The predicted octanol–water partition coefficient (Wildman–Crippen LogP) is 0.748. The highest BCUT2D eigenvalue weighted by Crippen LogP contribution is 2.18. The highest BCUT2D eigenvalue weighted by atomic mass is 32.2. The van der Waals surface area contributed by atoms with E-state index in [0.717, 1.165) is 12.2 Å². The van der Waals surface area contributed by atoms with E-state index in [1.54, 1.807) is 24.3 Å². The van der Waals surface area contributed by atoms with Crippen LogP contribution in [0, 0.1) is 0 Å². The van der Waals surface area contributed by atoms with Gasteiger partial charge in [0.25, 0.3) is 0 Å². The smallest absolute Gasteiger partial charge is 0.243 e. The number of sulfonamides is 1. The zero-order valence-electron chi connectivity index (χ0n) is 11.9. The number of aliphatic hydroxyl groups excluding tert-OH is 1. The van der Waals surface area contributed by atoms with Crippen LogP contribution < -0.4 is 5.32 Å². The molecule has 0 aliphatic rings. The van der Waals surface area contributed by atoms with Gasteiger partial charge in [-0.25, -0.2) is 8.42 Å². The highest BCUT2D eigenvalue weighted by molar-refractivity contribution is 7.89. The standard InChI is InChI=1S/C13H22N2O4S/c1-3-14-12-4-6-13(7-5-12)20(17,18)15(8-10-16)9-11-19-2/h4-7,14,16H,3,8-11H2,1-2H3. The predicted molar refractivity (Wildman–Crippen MR) is 78.3 cm³/mol. The van der Waals surface area contributed by atoms with Crippen molar-refractivity contribution < 1.29 is 18.3 Å². The monoisotopic (exact) mass is 302 g/mol. The molecule has 0 amide bonds. The third kappa shape index (κ3) is 4.45. The van der Waals surface area contributed by atoms with E-state index < -0.39 is 10.0 Å². The molecule has 114 valence electrons. The number of methoxy groups -OCH3 is 1. The van der Waals surface area contributed by atoms with Crippen molar-refractivity contribution in [3.63, 3.8) is 0 Å². The highest BCUT2D eigenvalue weighted by Gasteiger charge is 2.23. The number of nitrogens with one attached hydrogen (secondary N) is 1. The van der Waals surface area contributed by atoms with Crippen molar-refractivity contribution >= 4 is 15.7 Å². The fraction of sp³-hybridized carbons (Fsp3) is 0.538. The largest absolute Gasteiger partial charge is 0.395 e. The SMILES string of the molecule is CCNc1ccc(S(=O)(=O)N(CCO)CCOC)cc1. The Kier molecular flexibility index (Phi) is 6.94. The van der Waals surface area contributed by atoms with Crippen LogP contribution in [0.25, 0.3) is 0 Å². The maximum absolute atomic E-state index is 12.4. The van der Waals surface area contributed by atoms with E-state index in [2.05, 4.69) is 5.32 Å². The van der Waals surface area contributed by atoms with Crippen LogP contribution in [0.5, 0.6) is 0 Å². The van der Waals surface area contributed by atoms with Gasteiger partial charge in [0.15, 0.2) is 0 Å². The first-order valence-electron chi connectivity index (χ1n) is 6.50. The molecule has 0 bridgehead atoms. The van der Waals surface area contributed by atoms with Crippen molar-refractivity contribution in [1.82, 2.24) is 4.31 Å². The van der Waals surface area contributed by atoms with Crippen LogP contribution in [-0.2, 0) is 14.8 Å². The van der Waals surface area contributed by atoms with Crippen molar-refractivity contribution in [3.05, 3.63) is 24.3 Å². The lowest BCUT2D eigenvalue weighted by Gasteiger charge is -2.21. The maximum Gasteiger partial charge on any atom is 0.243 e. The summed E-state index contributed by atoms with van der Waals surface area (Å²) in [7, 11) is -2.09. The van der Waals surface area contributed by atoms with Gasteiger partial charge in [-0.2, -0.15) is 4.31 Å². The van der Waals surface area contributed by atoms with Gasteiger partial charge in [-0.15, -0.1) is 0 Å². The van der Waals surface area contributed by atoms with E-state index in [0.29, 0.717) is 0 Å². The number of benzene rings is 1. The van der Waals surface area contributed by atoms with Crippen LogP contribution in [0.3, 0.4) is 0 Å². The van der Waals surface area contributed by atoms with Crippen LogP contribution in [0.4, 0.5) is 5.69 Å². The van der Waals surface area contributed by atoms with E-state index in [-0.39, 0.29) is 31.2 Å². The molecule has 0 fully saturated rings. The van der Waals surface area contributed by atoms with Crippen LogP contribution >= 0.6 is 0 Å². The van der Waals surface area contributed by atoms with E-state index in [9.17, 15) is 8.42 Å². The van der Waals surface area contributed by atoms with Gasteiger partial charge in [0, 0.05) is 32.4 Å². The first kappa shape index (κ1) is 16.9. The second-order valence-electron chi connectivity index (χ2n) is 4.18. The van der Waals surface area contributed by atoms with Gasteiger partial charge >= 0.3 is 0 Å². The number of nitrogens with zero attached hydrogens (tertiary/aromatic N) is 1. The second kappa shape index (κ2) is 8.21. The molecule has 0 saturated heterocycles. The lowest BCUT2D eigenvalue weighted by molar-refractivity contribution is 0.168. The van der Waals surface area contributed by atoms with E-state index in [4.69, 9.17) is 9.84 Å². The molecule has 6 nitrogen and oxygen atoms in total. The summed E-state index contributed by atoms with van der Waals surface area (Å²) in [6.45, 7) is 3.08. The lowest BCUT2D eigenvalue weighted by atomic mass is 10.3. The van der Waals surface area contributed by atoms with Crippen molar-refractivity contribution in [2.24, 2.45) is 0 Å². The summed E-state index contributed by atoms with van der Waals surface area (Å²) in [5.74, 6) is 0. The topological polar surface area (TPSA) is 78.9 Å². The van der Waals surface area contributed by atoms with Crippen molar-refractivity contribution in [2.45, 2.75) is 11.8 Å². The minimum absolute atomic E-state index is 0.0562. The van der Waals surface area contributed by atoms with Gasteiger partial charge in [0.05, 0.1) is 18.1 Å². The molecule has 0 heterocycles. The molecule has 0 radical (unpaired) electrons. The summed E-state index contributed by atoms with van der Waals surface area (Å²) in [6.07, 6.45) is 0. The Labute approximate surface area is 120 Å². The van der Waals surface area contributed by atoms with Gasteiger partial charge < -0.3 is 15.2 Å². The van der Waals surface area contributed by atoms with Gasteiger partial charge in [-0.3, -0.25) is 0 Å². The molecule has 7 heteroatoms. The molecular weight excluding hydrogens is 280 g/mol. The lowest BCUT2D eigenvalue weighted by Crippen LogP contribution is -2.36. The molecule has 2 N–H and O–H groups in total. The Morgan fingerprint density at radius 2 is 1.90 bits per heavy atom. The molecule has 1 rings (SSSR count). The van der Waals surface area contributed by atoms with E-state index in [1.165, 1.54) is 11.4 Å². The quantitative estimate of drug-likeness (QED) is 0.704. The summed E-state index contributed by atoms with van der Waals surface area (Å²) in [5, 5.41) is 12.1. The summed E-state index contributed by atoms with van der Waals surface area (Å²) < 4.78 is 31.0. The van der Waals surface area contributed by atoms with Crippen molar-refractivity contribution in [3.8, 4) is 0 Å². The molecule has 0 aromatic heterocycles.